The van der Waals surface area contributed by atoms with Gasteiger partial charge in [-0.2, -0.15) is 0 Å². The zero-order valence-electron chi connectivity index (χ0n) is 12.4. The number of hydrogen-bond acceptors (Lipinski definition) is 4. The fourth-order valence-corrected chi connectivity index (χ4v) is 2.13. The monoisotopic (exact) mass is 278 g/mol. The molecule has 0 aliphatic rings. The number of benzene rings is 1. The Morgan fingerprint density at radius 3 is 2.70 bits per heavy atom. The van der Waals surface area contributed by atoms with Gasteiger partial charge < -0.3 is 21.2 Å². The summed E-state index contributed by atoms with van der Waals surface area (Å²) in [4.78, 5) is 2.29. The molecule has 0 fully saturated rings. The molecule has 0 saturated carbocycles. The van der Waals surface area contributed by atoms with Crippen LogP contribution in [0.15, 0.2) is 35.5 Å². The van der Waals surface area contributed by atoms with Gasteiger partial charge in [-0.25, -0.2) is 0 Å². The summed E-state index contributed by atoms with van der Waals surface area (Å²) in [5.74, 6) is 0.255. The van der Waals surface area contributed by atoms with Gasteiger partial charge in [0.15, 0.2) is 5.84 Å². The Bertz CT molecular complexity index is 394. The molecule has 0 amide bonds. The van der Waals surface area contributed by atoms with Crippen LogP contribution >= 0.6 is 0 Å². The van der Waals surface area contributed by atoms with Crippen LogP contribution < -0.4 is 11.1 Å². The zero-order chi connectivity index (χ0) is 14.8. The molecule has 0 heterocycles. The Labute approximate surface area is 121 Å². The molecule has 1 rings (SSSR count). The van der Waals surface area contributed by atoms with Crippen molar-refractivity contribution in [2.24, 2.45) is 10.9 Å². The van der Waals surface area contributed by atoms with E-state index in [4.69, 9.17) is 10.9 Å². The molecule has 5 heteroatoms. The van der Waals surface area contributed by atoms with Crippen molar-refractivity contribution in [1.29, 1.82) is 0 Å². The van der Waals surface area contributed by atoms with Crippen molar-refractivity contribution >= 4 is 5.84 Å². The Kier molecular flexibility index (Phi) is 7.69. The minimum Gasteiger partial charge on any atom is -0.409 e. The smallest absolute Gasteiger partial charge is 0.156 e. The number of nitrogens with one attached hydrogen (secondary N) is 1. The summed E-state index contributed by atoms with van der Waals surface area (Å²) in [5.41, 5.74) is 6.92. The molecule has 0 aliphatic carbocycles. The number of rotatable bonds is 9. The fourth-order valence-electron chi connectivity index (χ4n) is 2.13. The molecule has 0 bridgehead atoms. The van der Waals surface area contributed by atoms with E-state index in [0.717, 1.165) is 32.5 Å². The highest BCUT2D eigenvalue weighted by Gasteiger charge is 2.10. The summed E-state index contributed by atoms with van der Waals surface area (Å²) in [6.45, 7) is 4.83. The lowest BCUT2D eigenvalue weighted by atomic mass is 10.2. The second-order valence-corrected chi connectivity index (χ2v) is 5.02. The van der Waals surface area contributed by atoms with Gasteiger partial charge in [-0.3, -0.25) is 0 Å². The molecule has 0 spiro atoms. The van der Waals surface area contributed by atoms with E-state index in [1.54, 1.807) is 0 Å². The number of nitrogens with two attached hydrogens (primary N) is 1. The fraction of sp³-hybridized carbons (Fsp3) is 0.533. The second kappa shape index (κ2) is 9.34. The van der Waals surface area contributed by atoms with Crippen LogP contribution in [-0.2, 0) is 6.54 Å². The molecule has 1 aromatic rings. The maximum atomic E-state index is 8.66. The van der Waals surface area contributed by atoms with Crippen molar-refractivity contribution in [3.63, 3.8) is 0 Å². The molecular weight excluding hydrogens is 252 g/mol. The lowest BCUT2D eigenvalue weighted by Gasteiger charge is -2.19. The van der Waals surface area contributed by atoms with Crippen LogP contribution in [0.3, 0.4) is 0 Å². The van der Waals surface area contributed by atoms with Crippen LogP contribution in [0.5, 0.6) is 0 Å². The molecule has 0 saturated heterocycles. The molecule has 1 aromatic carbocycles. The standard InChI is InChI=1S/C15H26N4O/c1-3-14(15(16)18-20)17-10-7-11-19(2)12-13-8-5-4-6-9-13/h4-6,8-9,14,17,20H,3,7,10-12H2,1-2H3,(H2,16,18). The minimum atomic E-state index is -0.0422. The number of oxime groups is 1. The highest BCUT2D eigenvalue weighted by molar-refractivity contribution is 5.85. The van der Waals surface area contributed by atoms with Crippen LogP contribution in [-0.4, -0.2) is 42.1 Å². The summed E-state index contributed by atoms with van der Waals surface area (Å²) in [6, 6.07) is 10.4. The molecule has 1 atom stereocenters. The second-order valence-electron chi connectivity index (χ2n) is 5.02. The lowest BCUT2D eigenvalue weighted by Crippen LogP contribution is -2.41. The van der Waals surface area contributed by atoms with E-state index < -0.39 is 0 Å². The van der Waals surface area contributed by atoms with E-state index in [2.05, 4.69) is 46.7 Å². The first-order valence-electron chi connectivity index (χ1n) is 7.10. The van der Waals surface area contributed by atoms with Crippen molar-refractivity contribution in [3.8, 4) is 0 Å². The molecule has 4 N–H and O–H groups in total. The Morgan fingerprint density at radius 1 is 1.40 bits per heavy atom. The predicted molar refractivity (Wildman–Crippen MR) is 82.9 cm³/mol. The first-order chi connectivity index (χ1) is 9.67. The third-order valence-electron chi connectivity index (χ3n) is 3.28. The number of hydrogen-bond donors (Lipinski definition) is 3. The number of amidine groups is 1. The molecule has 0 aromatic heterocycles. The molecular formula is C15H26N4O. The van der Waals surface area contributed by atoms with Crippen molar-refractivity contribution in [1.82, 2.24) is 10.2 Å². The van der Waals surface area contributed by atoms with Crippen LogP contribution in [0.2, 0.25) is 0 Å². The maximum absolute atomic E-state index is 8.66. The van der Waals surface area contributed by atoms with Crippen molar-refractivity contribution in [2.75, 3.05) is 20.1 Å². The van der Waals surface area contributed by atoms with E-state index in [1.165, 1.54) is 5.56 Å². The summed E-state index contributed by atoms with van der Waals surface area (Å²) < 4.78 is 0. The van der Waals surface area contributed by atoms with E-state index in [1.807, 2.05) is 13.0 Å². The normalized spacial score (nSPS) is 13.7. The summed E-state index contributed by atoms with van der Waals surface area (Å²) in [6.07, 6.45) is 1.84. The van der Waals surface area contributed by atoms with Gasteiger partial charge in [0.25, 0.3) is 0 Å². The quantitative estimate of drug-likeness (QED) is 0.211. The predicted octanol–water partition coefficient (Wildman–Crippen LogP) is 1.62. The molecule has 0 aliphatic heterocycles. The molecule has 1 unspecified atom stereocenters. The van der Waals surface area contributed by atoms with E-state index in [-0.39, 0.29) is 11.9 Å². The average Bonchev–Trinajstić information content (AvgIpc) is 2.47. The Balaban J connectivity index is 2.20. The largest absolute Gasteiger partial charge is 0.409 e. The molecule has 20 heavy (non-hydrogen) atoms. The van der Waals surface area contributed by atoms with E-state index in [9.17, 15) is 0 Å². The highest BCUT2D eigenvalue weighted by Crippen LogP contribution is 2.02. The summed E-state index contributed by atoms with van der Waals surface area (Å²) in [5, 5.41) is 15.0. The van der Waals surface area contributed by atoms with Crippen molar-refractivity contribution < 1.29 is 5.21 Å². The Hall–Kier alpha value is -1.59. The minimum absolute atomic E-state index is 0.0422. The van der Waals surface area contributed by atoms with E-state index in [0.29, 0.717) is 0 Å². The Morgan fingerprint density at radius 2 is 2.10 bits per heavy atom. The molecule has 112 valence electrons. The van der Waals surface area contributed by atoms with Gasteiger partial charge in [-0.15, -0.1) is 0 Å². The van der Waals surface area contributed by atoms with Crippen molar-refractivity contribution in [2.45, 2.75) is 32.4 Å². The maximum Gasteiger partial charge on any atom is 0.156 e. The molecule has 0 radical (unpaired) electrons. The van der Waals surface area contributed by atoms with Gasteiger partial charge in [0.05, 0.1) is 6.04 Å². The highest BCUT2D eigenvalue weighted by atomic mass is 16.4. The van der Waals surface area contributed by atoms with Gasteiger partial charge in [-0.05, 0) is 38.5 Å². The summed E-state index contributed by atoms with van der Waals surface area (Å²) in [7, 11) is 2.12. The average molecular weight is 278 g/mol. The third-order valence-corrected chi connectivity index (χ3v) is 3.28. The third kappa shape index (κ3) is 6.04. The van der Waals surface area contributed by atoms with Crippen LogP contribution in [0, 0.1) is 0 Å². The number of nitrogens with zero attached hydrogens (tertiary/aromatic N) is 2. The first-order valence-corrected chi connectivity index (χ1v) is 7.10. The van der Waals surface area contributed by atoms with Gasteiger partial charge in [0, 0.05) is 6.54 Å². The first kappa shape index (κ1) is 16.5. The van der Waals surface area contributed by atoms with Gasteiger partial charge in [-0.1, -0.05) is 42.4 Å². The molecule has 5 nitrogen and oxygen atoms in total. The van der Waals surface area contributed by atoms with Crippen LogP contribution in [0.4, 0.5) is 0 Å². The van der Waals surface area contributed by atoms with Gasteiger partial charge in [0.1, 0.15) is 0 Å². The van der Waals surface area contributed by atoms with E-state index >= 15 is 0 Å². The summed E-state index contributed by atoms with van der Waals surface area (Å²) >= 11 is 0. The van der Waals surface area contributed by atoms with Crippen LogP contribution in [0.1, 0.15) is 25.3 Å². The van der Waals surface area contributed by atoms with Gasteiger partial charge in [0.2, 0.25) is 0 Å². The topological polar surface area (TPSA) is 73.9 Å². The lowest BCUT2D eigenvalue weighted by molar-refractivity contribution is 0.310. The van der Waals surface area contributed by atoms with Crippen LogP contribution in [0.25, 0.3) is 0 Å². The van der Waals surface area contributed by atoms with Crippen molar-refractivity contribution in [3.05, 3.63) is 35.9 Å². The zero-order valence-corrected chi connectivity index (χ0v) is 12.4. The van der Waals surface area contributed by atoms with Gasteiger partial charge >= 0.3 is 0 Å². The SMILES string of the molecule is CCC(NCCCN(C)Cc1ccccc1)C(N)=NO.